The Morgan fingerprint density at radius 1 is 1.41 bits per heavy atom. The molecular weight excluding hydrogens is 238 g/mol. The molecule has 1 heterocycles. The van der Waals surface area contributed by atoms with Gasteiger partial charge in [0.15, 0.2) is 0 Å². The van der Waals surface area contributed by atoms with Crippen molar-refractivity contribution in [3.8, 4) is 5.75 Å². The Balaban J connectivity index is 2.47. The molecule has 17 heavy (non-hydrogen) atoms. The second-order valence-corrected chi connectivity index (χ2v) is 5.68. The van der Waals surface area contributed by atoms with E-state index >= 15 is 0 Å². The van der Waals surface area contributed by atoms with E-state index < -0.39 is 10.8 Å². The molecule has 0 saturated heterocycles. The molecule has 0 radical (unpaired) electrons. The molecule has 0 saturated carbocycles. The SMILES string of the molecule is CC(C)Oc1cccc2c1NC(=O)CCS2=O. The quantitative estimate of drug-likeness (QED) is 0.876. The molecule has 5 heteroatoms. The van der Waals surface area contributed by atoms with Crippen molar-refractivity contribution in [2.45, 2.75) is 31.3 Å². The van der Waals surface area contributed by atoms with Crippen molar-refractivity contribution in [3.05, 3.63) is 18.2 Å². The summed E-state index contributed by atoms with van der Waals surface area (Å²) in [6.45, 7) is 3.82. The van der Waals surface area contributed by atoms with E-state index in [0.717, 1.165) is 0 Å². The molecule has 4 nitrogen and oxygen atoms in total. The molecule has 1 aliphatic rings. The lowest BCUT2D eigenvalue weighted by molar-refractivity contribution is -0.115. The number of ether oxygens (including phenoxy) is 1. The highest BCUT2D eigenvalue weighted by atomic mass is 32.2. The maximum atomic E-state index is 12.0. The third kappa shape index (κ3) is 2.66. The Morgan fingerprint density at radius 3 is 2.88 bits per heavy atom. The van der Waals surface area contributed by atoms with Crippen molar-refractivity contribution in [1.29, 1.82) is 0 Å². The van der Waals surface area contributed by atoms with E-state index in [9.17, 15) is 9.00 Å². The van der Waals surface area contributed by atoms with E-state index in [0.29, 0.717) is 22.1 Å². The Labute approximate surface area is 103 Å². The van der Waals surface area contributed by atoms with E-state index in [-0.39, 0.29) is 18.4 Å². The zero-order valence-corrected chi connectivity index (χ0v) is 10.7. The molecule has 1 unspecified atom stereocenters. The highest BCUT2D eigenvalue weighted by Gasteiger charge is 2.21. The van der Waals surface area contributed by atoms with Gasteiger partial charge in [0.25, 0.3) is 0 Å². The second kappa shape index (κ2) is 4.87. The number of para-hydroxylation sites is 1. The lowest BCUT2D eigenvalue weighted by Crippen LogP contribution is -2.13. The summed E-state index contributed by atoms with van der Waals surface area (Å²) in [4.78, 5) is 12.2. The van der Waals surface area contributed by atoms with Crippen LogP contribution in [0.15, 0.2) is 23.1 Å². The second-order valence-electron chi connectivity index (χ2n) is 4.14. The van der Waals surface area contributed by atoms with Crippen LogP contribution in [0.5, 0.6) is 5.75 Å². The Kier molecular flexibility index (Phi) is 3.47. The van der Waals surface area contributed by atoms with Gasteiger partial charge in [-0.3, -0.25) is 9.00 Å². The molecule has 1 N–H and O–H groups in total. The first-order valence-electron chi connectivity index (χ1n) is 5.56. The molecule has 0 spiro atoms. The molecule has 2 rings (SSSR count). The van der Waals surface area contributed by atoms with Gasteiger partial charge in [0.05, 0.1) is 27.5 Å². The molecule has 1 aliphatic heterocycles. The molecule has 1 aromatic rings. The number of nitrogens with one attached hydrogen (secondary N) is 1. The summed E-state index contributed by atoms with van der Waals surface area (Å²) < 4.78 is 17.6. The van der Waals surface area contributed by atoms with Gasteiger partial charge in [-0.15, -0.1) is 0 Å². The van der Waals surface area contributed by atoms with E-state index in [1.165, 1.54) is 0 Å². The van der Waals surface area contributed by atoms with Gasteiger partial charge in [-0.05, 0) is 26.0 Å². The number of amides is 1. The van der Waals surface area contributed by atoms with Crippen LogP contribution in [-0.2, 0) is 15.6 Å². The first-order valence-corrected chi connectivity index (χ1v) is 6.87. The van der Waals surface area contributed by atoms with Crippen LogP contribution in [0.4, 0.5) is 5.69 Å². The van der Waals surface area contributed by atoms with Crippen molar-refractivity contribution in [1.82, 2.24) is 0 Å². The lowest BCUT2D eigenvalue weighted by Gasteiger charge is -2.15. The average molecular weight is 253 g/mol. The molecule has 1 amide bonds. The minimum absolute atomic E-state index is 0.00934. The van der Waals surface area contributed by atoms with Gasteiger partial charge in [0, 0.05) is 12.2 Å². The average Bonchev–Trinajstić information content (AvgIpc) is 2.40. The van der Waals surface area contributed by atoms with Crippen molar-refractivity contribution in [2.75, 3.05) is 11.1 Å². The predicted molar refractivity (Wildman–Crippen MR) is 66.7 cm³/mol. The monoisotopic (exact) mass is 253 g/mol. The van der Waals surface area contributed by atoms with Crippen LogP contribution < -0.4 is 10.1 Å². The number of rotatable bonds is 2. The van der Waals surface area contributed by atoms with Crippen LogP contribution in [0.25, 0.3) is 0 Å². The van der Waals surface area contributed by atoms with Crippen LogP contribution in [-0.4, -0.2) is 22.0 Å². The normalized spacial score (nSPS) is 19.5. The summed E-state index contributed by atoms with van der Waals surface area (Å²) in [7, 11) is -1.14. The number of anilines is 1. The van der Waals surface area contributed by atoms with Crippen molar-refractivity contribution < 1.29 is 13.7 Å². The van der Waals surface area contributed by atoms with Gasteiger partial charge in [-0.25, -0.2) is 0 Å². The Hall–Kier alpha value is -1.36. The van der Waals surface area contributed by atoms with Crippen LogP contribution >= 0.6 is 0 Å². The number of hydrogen-bond donors (Lipinski definition) is 1. The molecule has 0 aliphatic carbocycles. The molecular formula is C12H15NO3S. The number of carbonyl (C=O) groups is 1. The molecule has 1 atom stereocenters. The maximum Gasteiger partial charge on any atom is 0.225 e. The van der Waals surface area contributed by atoms with Gasteiger partial charge >= 0.3 is 0 Å². The van der Waals surface area contributed by atoms with Crippen molar-refractivity contribution in [2.24, 2.45) is 0 Å². The third-order valence-corrected chi connectivity index (χ3v) is 3.78. The van der Waals surface area contributed by atoms with Crippen LogP contribution in [0.2, 0.25) is 0 Å². The van der Waals surface area contributed by atoms with Gasteiger partial charge < -0.3 is 10.1 Å². The number of fused-ring (bicyclic) bond motifs is 1. The third-order valence-electron chi connectivity index (χ3n) is 2.37. The summed E-state index contributed by atoms with van der Waals surface area (Å²) in [5.41, 5.74) is 0.557. The molecule has 1 aromatic carbocycles. The fraction of sp³-hybridized carbons (Fsp3) is 0.417. The van der Waals surface area contributed by atoms with Crippen LogP contribution in [0.1, 0.15) is 20.3 Å². The first-order chi connectivity index (χ1) is 8.08. The highest BCUT2D eigenvalue weighted by molar-refractivity contribution is 7.85. The van der Waals surface area contributed by atoms with Gasteiger partial charge in [-0.1, -0.05) is 6.07 Å². The minimum Gasteiger partial charge on any atom is -0.489 e. The summed E-state index contributed by atoms with van der Waals surface area (Å²) in [6.07, 6.45) is 0.290. The zero-order valence-electron chi connectivity index (χ0n) is 9.86. The van der Waals surface area contributed by atoms with E-state index in [1.807, 2.05) is 13.8 Å². The minimum atomic E-state index is -1.14. The number of hydrogen-bond acceptors (Lipinski definition) is 3. The largest absolute Gasteiger partial charge is 0.489 e. The smallest absolute Gasteiger partial charge is 0.225 e. The van der Waals surface area contributed by atoms with Crippen LogP contribution in [0, 0.1) is 0 Å². The van der Waals surface area contributed by atoms with Crippen molar-refractivity contribution >= 4 is 22.4 Å². The first kappa shape index (κ1) is 12.1. The Bertz CT molecular complexity index is 471. The zero-order chi connectivity index (χ0) is 12.4. The van der Waals surface area contributed by atoms with E-state index in [4.69, 9.17) is 4.74 Å². The van der Waals surface area contributed by atoms with Gasteiger partial charge in [0.2, 0.25) is 5.91 Å². The van der Waals surface area contributed by atoms with Crippen molar-refractivity contribution in [3.63, 3.8) is 0 Å². The molecule has 0 aromatic heterocycles. The van der Waals surface area contributed by atoms with Gasteiger partial charge in [0.1, 0.15) is 5.75 Å². The summed E-state index contributed by atoms with van der Waals surface area (Å²) >= 11 is 0. The standard InChI is InChI=1S/C12H15NO3S/c1-8(2)16-9-4-3-5-10-12(9)13-11(14)6-7-17(10)15/h3-5,8H,6-7H2,1-2H3,(H,13,14). The summed E-state index contributed by atoms with van der Waals surface area (Å²) in [5.74, 6) is 0.835. The van der Waals surface area contributed by atoms with Gasteiger partial charge in [-0.2, -0.15) is 0 Å². The fourth-order valence-corrected chi connectivity index (χ4v) is 2.87. The summed E-state index contributed by atoms with van der Waals surface area (Å²) in [5, 5.41) is 2.77. The maximum absolute atomic E-state index is 12.0. The summed E-state index contributed by atoms with van der Waals surface area (Å²) in [6, 6.07) is 5.35. The highest BCUT2D eigenvalue weighted by Crippen LogP contribution is 2.33. The van der Waals surface area contributed by atoms with Crippen LogP contribution in [0.3, 0.4) is 0 Å². The molecule has 92 valence electrons. The fourth-order valence-electron chi connectivity index (χ4n) is 1.67. The number of benzene rings is 1. The van der Waals surface area contributed by atoms with E-state index in [1.54, 1.807) is 18.2 Å². The number of carbonyl (C=O) groups excluding carboxylic acids is 1. The predicted octanol–water partition coefficient (Wildman–Crippen LogP) is 1.92. The Morgan fingerprint density at radius 2 is 2.18 bits per heavy atom. The topological polar surface area (TPSA) is 55.4 Å². The lowest BCUT2D eigenvalue weighted by atomic mass is 10.2. The molecule has 0 fully saturated rings. The molecule has 0 bridgehead atoms. The van der Waals surface area contributed by atoms with E-state index in [2.05, 4.69) is 5.32 Å².